The van der Waals surface area contributed by atoms with E-state index >= 15 is 0 Å². The van der Waals surface area contributed by atoms with Crippen molar-refractivity contribution in [2.24, 2.45) is 0 Å². The summed E-state index contributed by atoms with van der Waals surface area (Å²) in [5, 5.41) is 15.9. The van der Waals surface area contributed by atoms with E-state index in [0.29, 0.717) is 42.3 Å². The molecule has 1 aromatic heterocycles. The van der Waals surface area contributed by atoms with Gasteiger partial charge in [0.05, 0.1) is 34.8 Å². The van der Waals surface area contributed by atoms with Gasteiger partial charge >= 0.3 is 0 Å². The van der Waals surface area contributed by atoms with Gasteiger partial charge < -0.3 is 19.6 Å². The van der Waals surface area contributed by atoms with Gasteiger partial charge in [0.2, 0.25) is 0 Å². The van der Waals surface area contributed by atoms with Gasteiger partial charge in [-0.15, -0.1) is 0 Å². The number of nitrogens with zero attached hydrogens (tertiary/aromatic N) is 4. The maximum atomic E-state index is 13.3. The maximum absolute atomic E-state index is 13.3. The molecule has 0 saturated carbocycles. The number of ketones is 1. The summed E-state index contributed by atoms with van der Waals surface area (Å²) >= 11 is 0. The second kappa shape index (κ2) is 10.6. The zero-order valence-corrected chi connectivity index (χ0v) is 20.7. The molecule has 0 radical (unpaired) electrons. The highest BCUT2D eigenvalue weighted by atomic mass is 16.5. The standard InChI is InChI=1S/C28H30N4O4/c1-5-16-36-22-13-9-10-20(17-22)25-24(27(34)28(35)31(25)15-14-30(3)4)26(33)23-18-29-32(19(23)2)21-11-7-6-8-12-21/h5-13,17-18,25,33H,1,14-16H2,2-4H3/b26-24+. The molecule has 1 N–H and O–H groups in total. The third kappa shape index (κ3) is 4.81. The van der Waals surface area contributed by atoms with Crippen molar-refractivity contribution in [3.63, 3.8) is 0 Å². The highest BCUT2D eigenvalue weighted by Gasteiger charge is 2.46. The van der Waals surface area contributed by atoms with E-state index in [1.807, 2.05) is 62.3 Å². The summed E-state index contributed by atoms with van der Waals surface area (Å²) in [5.74, 6) is -1.03. The average molecular weight is 487 g/mol. The Morgan fingerprint density at radius 3 is 2.61 bits per heavy atom. The van der Waals surface area contributed by atoms with Gasteiger partial charge in [0.15, 0.2) is 0 Å². The summed E-state index contributed by atoms with van der Waals surface area (Å²) in [6, 6.07) is 16.0. The lowest BCUT2D eigenvalue weighted by Crippen LogP contribution is -2.35. The number of aliphatic hydroxyl groups is 1. The van der Waals surface area contributed by atoms with Crippen molar-refractivity contribution in [3.05, 3.63) is 95.8 Å². The van der Waals surface area contributed by atoms with Crippen molar-refractivity contribution in [1.82, 2.24) is 19.6 Å². The number of rotatable bonds is 9. The number of aromatic nitrogens is 2. The summed E-state index contributed by atoms with van der Waals surface area (Å²) in [7, 11) is 3.80. The van der Waals surface area contributed by atoms with E-state index in [4.69, 9.17) is 4.74 Å². The molecule has 1 unspecified atom stereocenters. The Morgan fingerprint density at radius 1 is 1.17 bits per heavy atom. The van der Waals surface area contributed by atoms with Crippen LogP contribution in [-0.2, 0) is 9.59 Å². The van der Waals surface area contributed by atoms with Crippen LogP contribution < -0.4 is 4.74 Å². The highest BCUT2D eigenvalue weighted by molar-refractivity contribution is 6.46. The first kappa shape index (κ1) is 24.9. The van der Waals surface area contributed by atoms with Gasteiger partial charge in [-0.25, -0.2) is 4.68 Å². The van der Waals surface area contributed by atoms with E-state index in [1.54, 1.807) is 29.0 Å². The molecule has 186 valence electrons. The molecular formula is C28H30N4O4. The first-order valence-corrected chi connectivity index (χ1v) is 11.7. The van der Waals surface area contributed by atoms with E-state index in [2.05, 4.69) is 11.7 Å². The monoisotopic (exact) mass is 486 g/mol. The van der Waals surface area contributed by atoms with Gasteiger partial charge in [-0.2, -0.15) is 5.10 Å². The van der Waals surface area contributed by atoms with E-state index < -0.39 is 17.7 Å². The molecule has 0 bridgehead atoms. The van der Waals surface area contributed by atoms with Crippen LogP contribution in [-0.4, -0.2) is 70.2 Å². The second-order valence-corrected chi connectivity index (χ2v) is 8.86. The molecule has 0 spiro atoms. The smallest absolute Gasteiger partial charge is 0.295 e. The second-order valence-electron chi connectivity index (χ2n) is 8.86. The molecule has 8 heteroatoms. The van der Waals surface area contributed by atoms with Gasteiger partial charge in [-0.3, -0.25) is 9.59 Å². The summed E-state index contributed by atoms with van der Waals surface area (Å²) < 4.78 is 7.38. The predicted molar refractivity (Wildman–Crippen MR) is 138 cm³/mol. The Hall–Kier alpha value is -4.17. The minimum absolute atomic E-state index is 0.0374. The largest absolute Gasteiger partial charge is 0.507 e. The van der Waals surface area contributed by atoms with Crippen LogP contribution in [0.5, 0.6) is 5.75 Å². The molecule has 1 aliphatic heterocycles. The number of likely N-dealkylation sites (N-methyl/N-ethyl adjacent to an activating group) is 1. The zero-order chi connectivity index (χ0) is 25.8. The van der Waals surface area contributed by atoms with Crippen LogP contribution in [0.2, 0.25) is 0 Å². The van der Waals surface area contributed by atoms with Crippen molar-refractivity contribution in [1.29, 1.82) is 0 Å². The molecule has 2 heterocycles. The van der Waals surface area contributed by atoms with Crippen LogP contribution in [0.3, 0.4) is 0 Å². The minimum Gasteiger partial charge on any atom is -0.507 e. The first-order chi connectivity index (χ1) is 17.3. The molecular weight excluding hydrogens is 456 g/mol. The molecule has 4 rings (SSSR count). The van der Waals surface area contributed by atoms with Crippen molar-refractivity contribution in [2.75, 3.05) is 33.8 Å². The molecule has 36 heavy (non-hydrogen) atoms. The summed E-state index contributed by atoms with van der Waals surface area (Å²) in [6.07, 6.45) is 3.16. The predicted octanol–water partition coefficient (Wildman–Crippen LogP) is 3.73. The third-order valence-electron chi connectivity index (χ3n) is 6.14. The number of amides is 1. The number of carbonyl (C=O) groups excluding carboxylic acids is 2. The number of hydrogen-bond donors (Lipinski definition) is 1. The number of likely N-dealkylation sites (tertiary alicyclic amines) is 1. The lowest BCUT2D eigenvalue weighted by atomic mass is 9.95. The third-order valence-corrected chi connectivity index (χ3v) is 6.14. The van der Waals surface area contributed by atoms with E-state index in [0.717, 1.165) is 5.69 Å². The normalized spacial score (nSPS) is 17.1. The Morgan fingerprint density at radius 2 is 1.92 bits per heavy atom. The molecule has 1 aliphatic rings. The first-order valence-electron chi connectivity index (χ1n) is 11.7. The number of benzene rings is 2. The number of Topliss-reactive ketones (excluding diaryl/α,β-unsaturated/α-hetero) is 1. The zero-order valence-electron chi connectivity index (χ0n) is 20.7. The maximum Gasteiger partial charge on any atom is 0.295 e. The number of hydrogen-bond acceptors (Lipinski definition) is 6. The molecule has 3 aromatic rings. The fourth-order valence-corrected chi connectivity index (χ4v) is 4.31. The van der Waals surface area contributed by atoms with E-state index in [1.165, 1.54) is 11.1 Å². The number of para-hydroxylation sites is 1. The Balaban J connectivity index is 1.84. The van der Waals surface area contributed by atoms with Crippen molar-refractivity contribution >= 4 is 17.4 Å². The average Bonchev–Trinajstić information content (AvgIpc) is 3.38. The van der Waals surface area contributed by atoms with Crippen molar-refractivity contribution < 1.29 is 19.4 Å². The fraction of sp³-hybridized carbons (Fsp3) is 0.250. The molecule has 0 aliphatic carbocycles. The van der Waals surface area contributed by atoms with Crippen LogP contribution in [0.1, 0.15) is 22.9 Å². The van der Waals surface area contributed by atoms with Gasteiger partial charge in [-0.05, 0) is 50.8 Å². The molecule has 1 fully saturated rings. The number of ether oxygens (including phenoxy) is 1. The van der Waals surface area contributed by atoms with Crippen LogP contribution in [0.25, 0.3) is 11.4 Å². The Bertz CT molecular complexity index is 1310. The molecule has 1 amide bonds. The van der Waals surface area contributed by atoms with Crippen LogP contribution in [0.4, 0.5) is 0 Å². The van der Waals surface area contributed by atoms with Crippen molar-refractivity contribution in [3.8, 4) is 11.4 Å². The Labute approximate surface area is 210 Å². The molecule has 8 nitrogen and oxygen atoms in total. The highest BCUT2D eigenvalue weighted by Crippen LogP contribution is 2.40. The van der Waals surface area contributed by atoms with Gasteiger partial charge in [0.25, 0.3) is 11.7 Å². The summed E-state index contributed by atoms with van der Waals surface area (Å²) in [4.78, 5) is 29.9. The van der Waals surface area contributed by atoms with E-state index in [-0.39, 0.29) is 11.3 Å². The van der Waals surface area contributed by atoms with Crippen LogP contribution in [0, 0.1) is 6.92 Å². The minimum atomic E-state index is -0.767. The topological polar surface area (TPSA) is 87.9 Å². The molecule has 1 atom stereocenters. The summed E-state index contributed by atoms with van der Waals surface area (Å²) in [6.45, 7) is 6.69. The van der Waals surface area contributed by atoms with Crippen LogP contribution in [0.15, 0.2) is 79.0 Å². The van der Waals surface area contributed by atoms with Gasteiger partial charge in [0.1, 0.15) is 18.1 Å². The fourth-order valence-electron chi connectivity index (χ4n) is 4.31. The lowest BCUT2D eigenvalue weighted by Gasteiger charge is -2.26. The quantitative estimate of drug-likeness (QED) is 0.215. The Kier molecular flexibility index (Phi) is 7.36. The van der Waals surface area contributed by atoms with Crippen molar-refractivity contribution in [2.45, 2.75) is 13.0 Å². The number of carbonyl (C=O) groups is 2. The molecule has 2 aromatic carbocycles. The van der Waals surface area contributed by atoms with E-state index in [9.17, 15) is 14.7 Å². The van der Waals surface area contributed by atoms with Crippen LogP contribution >= 0.6 is 0 Å². The SMILES string of the molecule is C=CCOc1cccc(C2/C(=C(\O)c3cnn(-c4ccccc4)c3C)C(=O)C(=O)N2CCN(C)C)c1. The lowest BCUT2D eigenvalue weighted by molar-refractivity contribution is -0.140. The van der Waals surface area contributed by atoms with Gasteiger partial charge in [0, 0.05) is 13.1 Å². The van der Waals surface area contributed by atoms with Gasteiger partial charge in [-0.1, -0.05) is 43.0 Å². The number of aliphatic hydroxyl groups excluding tert-OH is 1. The summed E-state index contributed by atoms with van der Waals surface area (Å²) in [5.41, 5.74) is 2.58. The molecule has 1 saturated heterocycles.